The van der Waals surface area contributed by atoms with E-state index in [0.29, 0.717) is 5.56 Å². The van der Waals surface area contributed by atoms with Crippen LogP contribution in [0.25, 0.3) is 0 Å². The summed E-state index contributed by atoms with van der Waals surface area (Å²) in [5.41, 5.74) is -0.928. The van der Waals surface area contributed by atoms with Gasteiger partial charge < -0.3 is 26.6 Å². The standard InChI is InChI=1S/C31H39ClF3N5O5/c1-30(2,3)40-26(42)14-13-23(38-25(41)15-16-36-27(43)18-32)29(45)39-24(17-20-9-5-4-6-10-20)28(44)37-19-21-11-7-8-12-22(21)31(33,34)35/h4-12,23-24H,13-19H2,1-3H3,(H,36,43)(H,37,44)(H,38,41)(H,39,45)(H,40,42)/t23-,24-/m0/s1. The zero-order valence-corrected chi connectivity index (χ0v) is 26.1. The van der Waals surface area contributed by atoms with Crippen molar-refractivity contribution in [1.82, 2.24) is 26.6 Å². The highest BCUT2D eigenvalue weighted by atomic mass is 35.5. The number of amides is 5. The fraction of sp³-hybridized carbons (Fsp3) is 0.452. The smallest absolute Gasteiger partial charge is 0.355 e. The number of hydrogen-bond acceptors (Lipinski definition) is 5. The molecule has 0 spiro atoms. The zero-order chi connectivity index (χ0) is 33.6. The van der Waals surface area contributed by atoms with E-state index in [2.05, 4.69) is 26.6 Å². The molecule has 0 saturated carbocycles. The quantitative estimate of drug-likeness (QED) is 0.188. The van der Waals surface area contributed by atoms with Gasteiger partial charge in [-0.05, 0) is 44.4 Å². The van der Waals surface area contributed by atoms with Crippen LogP contribution in [0, 0.1) is 0 Å². The number of hydrogen-bond donors (Lipinski definition) is 5. The Hall–Kier alpha value is -4.13. The summed E-state index contributed by atoms with van der Waals surface area (Å²) in [7, 11) is 0. The van der Waals surface area contributed by atoms with Gasteiger partial charge in [-0.25, -0.2) is 0 Å². The Morgan fingerprint density at radius 2 is 1.40 bits per heavy atom. The SMILES string of the molecule is CC(C)(C)NC(=O)CC[C@H](NC(=O)CCNC(=O)CCl)C(=O)N[C@@H](Cc1ccccc1)C(=O)NCc1ccccc1C(F)(F)F. The van der Waals surface area contributed by atoms with Crippen molar-refractivity contribution in [3.05, 3.63) is 71.3 Å². The molecule has 0 radical (unpaired) electrons. The van der Waals surface area contributed by atoms with Crippen LogP contribution in [-0.2, 0) is 43.1 Å². The summed E-state index contributed by atoms with van der Waals surface area (Å²) in [5.74, 6) is -3.26. The molecule has 0 aliphatic rings. The third-order valence-electron chi connectivity index (χ3n) is 6.31. The van der Waals surface area contributed by atoms with Gasteiger partial charge in [0.05, 0.1) is 5.56 Å². The second-order valence-electron chi connectivity index (χ2n) is 11.3. The van der Waals surface area contributed by atoms with Crippen LogP contribution in [-0.4, -0.2) is 59.6 Å². The molecule has 0 bridgehead atoms. The van der Waals surface area contributed by atoms with E-state index in [-0.39, 0.29) is 49.6 Å². The lowest BCUT2D eigenvalue weighted by Gasteiger charge is -2.25. The maximum atomic E-state index is 13.5. The number of rotatable bonds is 15. The lowest BCUT2D eigenvalue weighted by atomic mass is 10.0. The van der Waals surface area contributed by atoms with Crippen LogP contribution in [0.15, 0.2) is 54.6 Å². The van der Waals surface area contributed by atoms with Crippen molar-refractivity contribution in [3.63, 3.8) is 0 Å². The largest absolute Gasteiger partial charge is 0.416 e. The van der Waals surface area contributed by atoms with E-state index in [4.69, 9.17) is 11.6 Å². The number of benzene rings is 2. The molecule has 5 amide bonds. The van der Waals surface area contributed by atoms with E-state index in [9.17, 15) is 37.1 Å². The van der Waals surface area contributed by atoms with Crippen LogP contribution >= 0.6 is 11.6 Å². The summed E-state index contributed by atoms with van der Waals surface area (Å²) >= 11 is 5.44. The highest BCUT2D eigenvalue weighted by molar-refractivity contribution is 6.27. The summed E-state index contributed by atoms with van der Waals surface area (Å²) in [6.45, 7) is 4.86. The van der Waals surface area contributed by atoms with E-state index in [1.165, 1.54) is 18.2 Å². The Morgan fingerprint density at radius 3 is 2.02 bits per heavy atom. The molecule has 45 heavy (non-hydrogen) atoms. The first-order valence-corrected chi connectivity index (χ1v) is 14.8. The molecule has 10 nitrogen and oxygen atoms in total. The van der Waals surface area contributed by atoms with Crippen LogP contribution in [0.5, 0.6) is 0 Å². The summed E-state index contributed by atoms with van der Waals surface area (Å²) in [6, 6.07) is 11.0. The Bertz CT molecular complexity index is 1320. The molecule has 246 valence electrons. The molecular formula is C31H39ClF3N5O5. The zero-order valence-electron chi connectivity index (χ0n) is 25.4. The normalized spacial score (nSPS) is 12.8. The molecular weight excluding hydrogens is 615 g/mol. The van der Waals surface area contributed by atoms with Crippen LogP contribution in [0.1, 0.15) is 56.7 Å². The second kappa shape index (κ2) is 17.4. The predicted molar refractivity (Wildman–Crippen MR) is 163 cm³/mol. The number of carbonyl (C=O) groups excluding carboxylic acids is 5. The van der Waals surface area contributed by atoms with Gasteiger partial charge >= 0.3 is 6.18 Å². The molecule has 2 atom stereocenters. The molecule has 0 aromatic heterocycles. The lowest BCUT2D eigenvalue weighted by Crippen LogP contribution is -2.55. The average Bonchev–Trinajstić information content (AvgIpc) is 2.96. The highest BCUT2D eigenvalue weighted by Gasteiger charge is 2.33. The minimum atomic E-state index is -4.63. The minimum Gasteiger partial charge on any atom is -0.355 e. The first kappa shape index (κ1) is 37.1. The van der Waals surface area contributed by atoms with Gasteiger partial charge in [-0.15, -0.1) is 11.6 Å². The number of alkyl halides is 4. The fourth-order valence-electron chi connectivity index (χ4n) is 4.24. The molecule has 0 aliphatic carbocycles. The van der Waals surface area contributed by atoms with Gasteiger partial charge in [0, 0.05) is 37.9 Å². The molecule has 0 saturated heterocycles. The van der Waals surface area contributed by atoms with Gasteiger partial charge in [0.25, 0.3) is 0 Å². The molecule has 2 rings (SSSR count). The summed E-state index contributed by atoms with van der Waals surface area (Å²) in [4.78, 5) is 63.3. The second-order valence-corrected chi connectivity index (χ2v) is 11.6. The molecule has 0 aliphatic heterocycles. The van der Waals surface area contributed by atoms with Gasteiger partial charge in [-0.1, -0.05) is 48.5 Å². The van der Waals surface area contributed by atoms with E-state index in [1.54, 1.807) is 51.1 Å². The third kappa shape index (κ3) is 14.0. The van der Waals surface area contributed by atoms with Crippen LogP contribution in [0.3, 0.4) is 0 Å². The van der Waals surface area contributed by atoms with Gasteiger partial charge in [0.15, 0.2) is 0 Å². The summed E-state index contributed by atoms with van der Waals surface area (Å²) in [6.07, 6.45) is -5.08. The summed E-state index contributed by atoms with van der Waals surface area (Å²) in [5, 5.41) is 12.8. The van der Waals surface area contributed by atoms with Gasteiger partial charge in [-0.2, -0.15) is 13.2 Å². The number of nitrogens with one attached hydrogen (secondary N) is 5. The molecule has 14 heteroatoms. The molecule has 0 unspecified atom stereocenters. The van der Waals surface area contributed by atoms with Crippen molar-refractivity contribution in [1.29, 1.82) is 0 Å². The predicted octanol–water partition coefficient (Wildman–Crippen LogP) is 2.97. The van der Waals surface area contributed by atoms with E-state index < -0.39 is 59.5 Å². The van der Waals surface area contributed by atoms with Crippen LogP contribution in [0.2, 0.25) is 0 Å². The van der Waals surface area contributed by atoms with E-state index in [0.717, 1.165) is 6.07 Å². The molecule has 5 N–H and O–H groups in total. The van der Waals surface area contributed by atoms with Crippen molar-refractivity contribution in [3.8, 4) is 0 Å². The van der Waals surface area contributed by atoms with Crippen LogP contribution in [0.4, 0.5) is 13.2 Å². The third-order valence-corrected chi connectivity index (χ3v) is 6.56. The van der Waals surface area contributed by atoms with Crippen molar-refractivity contribution in [2.24, 2.45) is 0 Å². The number of carbonyl (C=O) groups is 5. The average molecular weight is 654 g/mol. The number of halogens is 4. The Morgan fingerprint density at radius 1 is 0.756 bits per heavy atom. The monoisotopic (exact) mass is 653 g/mol. The topological polar surface area (TPSA) is 146 Å². The van der Waals surface area contributed by atoms with Crippen molar-refractivity contribution >= 4 is 41.1 Å². The Kier molecular flexibility index (Phi) is 14.3. The fourth-order valence-corrected chi connectivity index (χ4v) is 4.34. The van der Waals surface area contributed by atoms with Crippen molar-refractivity contribution in [2.45, 2.75) is 76.8 Å². The first-order valence-electron chi connectivity index (χ1n) is 14.3. The molecule has 0 heterocycles. The maximum Gasteiger partial charge on any atom is 0.416 e. The van der Waals surface area contributed by atoms with Crippen molar-refractivity contribution in [2.75, 3.05) is 12.4 Å². The maximum absolute atomic E-state index is 13.5. The Labute approximate surface area is 265 Å². The first-order chi connectivity index (χ1) is 21.1. The Balaban J connectivity index is 2.23. The highest BCUT2D eigenvalue weighted by Crippen LogP contribution is 2.31. The van der Waals surface area contributed by atoms with Crippen LogP contribution < -0.4 is 26.6 Å². The molecule has 2 aromatic rings. The lowest BCUT2D eigenvalue weighted by molar-refractivity contribution is -0.138. The molecule has 2 aromatic carbocycles. The van der Waals surface area contributed by atoms with E-state index in [1.807, 2.05) is 0 Å². The molecule has 0 fully saturated rings. The van der Waals surface area contributed by atoms with E-state index >= 15 is 0 Å². The van der Waals surface area contributed by atoms with Gasteiger partial charge in [0.2, 0.25) is 29.5 Å². The minimum absolute atomic E-state index is 0.00499. The van der Waals surface area contributed by atoms with Gasteiger partial charge in [0.1, 0.15) is 18.0 Å². The summed E-state index contributed by atoms with van der Waals surface area (Å²) < 4.78 is 40.4. The van der Waals surface area contributed by atoms with Crippen molar-refractivity contribution < 1.29 is 37.1 Å². The van der Waals surface area contributed by atoms with Gasteiger partial charge in [-0.3, -0.25) is 24.0 Å².